The van der Waals surface area contributed by atoms with Crippen LogP contribution in [0, 0.1) is 0 Å². The molecule has 0 aromatic heterocycles. The Morgan fingerprint density at radius 2 is 1.94 bits per heavy atom. The summed E-state index contributed by atoms with van der Waals surface area (Å²) in [7, 11) is 0. The number of aryl methyl sites for hydroxylation is 1. The summed E-state index contributed by atoms with van der Waals surface area (Å²) >= 11 is 0. The van der Waals surface area contributed by atoms with Crippen LogP contribution in [0.4, 0.5) is 5.69 Å². The summed E-state index contributed by atoms with van der Waals surface area (Å²) in [6.07, 6.45) is 11.4. The van der Waals surface area contributed by atoms with E-state index in [1.54, 1.807) is 5.57 Å². The Bertz CT molecular complexity index is 365. The van der Waals surface area contributed by atoms with Crippen molar-refractivity contribution in [1.29, 1.82) is 0 Å². The number of allylic oxidation sites excluding steroid dienone is 2. The SMILES string of the molecule is Nc1ccccc1CCCC1=CCCCC1. The number of benzene rings is 1. The third-order valence-electron chi connectivity index (χ3n) is 3.38. The van der Waals surface area contributed by atoms with E-state index in [0.717, 1.165) is 12.1 Å². The van der Waals surface area contributed by atoms with Crippen molar-refractivity contribution in [3.8, 4) is 0 Å². The molecule has 0 bridgehead atoms. The average molecular weight is 215 g/mol. The van der Waals surface area contributed by atoms with Crippen molar-refractivity contribution >= 4 is 5.69 Å². The van der Waals surface area contributed by atoms with E-state index >= 15 is 0 Å². The van der Waals surface area contributed by atoms with Crippen molar-refractivity contribution in [2.24, 2.45) is 0 Å². The molecule has 0 amide bonds. The fraction of sp³-hybridized carbons (Fsp3) is 0.467. The molecule has 1 aliphatic rings. The van der Waals surface area contributed by atoms with Gasteiger partial charge in [0.05, 0.1) is 0 Å². The Morgan fingerprint density at radius 1 is 1.06 bits per heavy atom. The van der Waals surface area contributed by atoms with Crippen molar-refractivity contribution in [2.75, 3.05) is 5.73 Å². The topological polar surface area (TPSA) is 26.0 Å². The first-order valence-corrected chi connectivity index (χ1v) is 6.37. The minimum atomic E-state index is 0.945. The van der Waals surface area contributed by atoms with Gasteiger partial charge in [-0.05, 0) is 56.6 Å². The molecule has 0 unspecified atom stereocenters. The molecular formula is C15H21N. The maximum absolute atomic E-state index is 5.93. The highest BCUT2D eigenvalue weighted by atomic mass is 14.6. The summed E-state index contributed by atoms with van der Waals surface area (Å²) < 4.78 is 0. The first kappa shape index (κ1) is 11.3. The van der Waals surface area contributed by atoms with E-state index < -0.39 is 0 Å². The van der Waals surface area contributed by atoms with Crippen LogP contribution in [0.2, 0.25) is 0 Å². The zero-order valence-electron chi connectivity index (χ0n) is 9.91. The van der Waals surface area contributed by atoms with Crippen molar-refractivity contribution in [1.82, 2.24) is 0 Å². The predicted molar refractivity (Wildman–Crippen MR) is 70.3 cm³/mol. The molecule has 0 heterocycles. The zero-order valence-corrected chi connectivity index (χ0v) is 9.91. The molecule has 2 N–H and O–H groups in total. The molecule has 16 heavy (non-hydrogen) atoms. The van der Waals surface area contributed by atoms with Crippen LogP contribution in [-0.4, -0.2) is 0 Å². The molecule has 1 aromatic rings. The summed E-state index contributed by atoms with van der Waals surface area (Å²) in [6, 6.07) is 8.22. The fourth-order valence-electron chi connectivity index (χ4n) is 2.40. The Labute approximate surface area is 98.4 Å². The molecule has 0 saturated heterocycles. The molecule has 0 fully saturated rings. The van der Waals surface area contributed by atoms with Crippen LogP contribution in [0.25, 0.3) is 0 Å². The highest BCUT2D eigenvalue weighted by Gasteiger charge is 2.04. The van der Waals surface area contributed by atoms with Crippen LogP contribution in [-0.2, 0) is 6.42 Å². The third kappa shape index (κ3) is 3.13. The van der Waals surface area contributed by atoms with Crippen LogP contribution < -0.4 is 5.73 Å². The Morgan fingerprint density at radius 3 is 2.69 bits per heavy atom. The van der Waals surface area contributed by atoms with Gasteiger partial charge >= 0.3 is 0 Å². The molecule has 1 nitrogen and oxygen atoms in total. The van der Waals surface area contributed by atoms with Gasteiger partial charge in [0, 0.05) is 5.69 Å². The Balaban J connectivity index is 1.80. The van der Waals surface area contributed by atoms with Gasteiger partial charge in [0.25, 0.3) is 0 Å². The lowest BCUT2D eigenvalue weighted by Gasteiger charge is -2.12. The third-order valence-corrected chi connectivity index (χ3v) is 3.38. The first-order chi connectivity index (χ1) is 7.86. The number of hydrogen-bond acceptors (Lipinski definition) is 1. The number of anilines is 1. The molecule has 0 saturated carbocycles. The van der Waals surface area contributed by atoms with E-state index in [-0.39, 0.29) is 0 Å². The number of para-hydroxylation sites is 1. The summed E-state index contributed by atoms with van der Waals surface area (Å²) in [5.74, 6) is 0. The minimum absolute atomic E-state index is 0.945. The quantitative estimate of drug-likeness (QED) is 0.594. The van der Waals surface area contributed by atoms with Gasteiger partial charge in [-0.2, -0.15) is 0 Å². The number of hydrogen-bond donors (Lipinski definition) is 1. The smallest absolute Gasteiger partial charge is 0.0346 e. The van der Waals surface area contributed by atoms with E-state index in [0.29, 0.717) is 0 Å². The van der Waals surface area contributed by atoms with E-state index in [1.165, 1.54) is 44.1 Å². The molecule has 1 heteroatoms. The van der Waals surface area contributed by atoms with Gasteiger partial charge in [-0.25, -0.2) is 0 Å². The van der Waals surface area contributed by atoms with E-state index in [4.69, 9.17) is 5.73 Å². The molecule has 1 aromatic carbocycles. The van der Waals surface area contributed by atoms with Gasteiger partial charge in [-0.3, -0.25) is 0 Å². The van der Waals surface area contributed by atoms with Gasteiger partial charge in [0.2, 0.25) is 0 Å². The number of nitrogens with two attached hydrogens (primary N) is 1. The number of rotatable bonds is 4. The second-order valence-corrected chi connectivity index (χ2v) is 4.66. The molecule has 86 valence electrons. The highest BCUT2D eigenvalue weighted by molar-refractivity contribution is 5.46. The summed E-state index contributed by atoms with van der Waals surface area (Å²) in [5.41, 5.74) is 9.84. The molecule has 0 radical (unpaired) electrons. The van der Waals surface area contributed by atoms with Crippen molar-refractivity contribution in [3.63, 3.8) is 0 Å². The van der Waals surface area contributed by atoms with Crippen LogP contribution in [0.3, 0.4) is 0 Å². The van der Waals surface area contributed by atoms with Gasteiger partial charge in [-0.15, -0.1) is 0 Å². The summed E-state index contributed by atoms with van der Waals surface area (Å²) in [6.45, 7) is 0. The van der Waals surface area contributed by atoms with Crippen LogP contribution in [0.15, 0.2) is 35.9 Å². The van der Waals surface area contributed by atoms with Crippen LogP contribution >= 0.6 is 0 Å². The van der Waals surface area contributed by atoms with Crippen LogP contribution in [0.1, 0.15) is 44.1 Å². The first-order valence-electron chi connectivity index (χ1n) is 6.37. The predicted octanol–water partition coefficient (Wildman–Crippen LogP) is 4.09. The van der Waals surface area contributed by atoms with Crippen molar-refractivity contribution < 1.29 is 0 Å². The maximum Gasteiger partial charge on any atom is 0.0346 e. The molecule has 2 rings (SSSR count). The zero-order chi connectivity index (χ0) is 11.2. The lowest BCUT2D eigenvalue weighted by atomic mass is 9.94. The molecule has 0 aliphatic heterocycles. The van der Waals surface area contributed by atoms with Crippen molar-refractivity contribution in [3.05, 3.63) is 41.5 Å². The van der Waals surface area contributed by atoms with Gasteiger partial charge < -0.3 is 5.73 Å². The van der Waals surface area contributed by atoms with Gasteiger partial charge in [0.15, 0.2) is 0 Å². The number of nitrogen functional groups attached to an aromatic ring is 1. The maximum atomic E-state index is 5.93. The molecular weight excluding hydrogens is 194 g/mol. The van der Waals surface area contributed by atoms with Gasteiger partial charge in [-0.1, -0.05) is 29.8 Å². The normalized spacial score (nSPS) is 15.9. The second-order valence-electron chi connectivity index (χ2n) is 4.66. The molecule has 0 atom stereocenters. The fourth-order valence-corrected chi connectivity index (χ4v) is 2.40. The monoisotopic (exact) mass is 215 g/mol. The van der Waals surface area contributed by atoms with Crippen LogP contribution in [0.5, 0.6) is 0 Å². The molecule has 0 spiro atoms. The standard InChI is InChI=1S/C15H21N/c16-15-12-5-4-10-14(15)11-6-9-13-7-2-1-3-8-13/h4-5,7,10,12H,1-3,6,8-9,11,16H2. The minimum Gasteiger partial charge on any atom is -0.399 e. The van der Waals surface area contributed by atoms with Crippen molar-refractivity contribution in [2.45, 2.75) is 44.9 Å². The molecule has 1 aliphatic carbocycles. The average Bonchev–Trinajstić information content (AvgIpc) is 2.33. The van der Waals surface area contributed by atoms with E-state index in [9.17, 15) is 0 Å². The largest absolute Gasteiger partial charge is 0.399 e. The van der Waals surface area contributed by atoms with E-state index in [1.807, 2.05) is 12.1 Å². The second kappa shape index (κ2) is 5.74. The summed E-state index contributed by atoms with van der Waals surface area (Å²) in [4.78, 5) is 0. The highest BCUT2D eigenvalue weighted by Crippen LogP contribution is 2.23. The Hall–Kier alpha value is -1.24. The lowest BCUT2D eigenvalue weighted by molar-refractivity contribution is 0.659. The van der Waals surface area contributed by atoms with Gasteiger partial charge in [0.1, 0.15) is 0 Å². The van der Waals surface area contributed by atoms with E-state index in [2.05, 4.69) is 18.2 Å². The lowest BCUT2D eigenvalue weighted by Crippen LogP contribution is -1.96. The Kier molecular flexibility index (Phi) is 4.03. The summed E-state index contributed by atoms with van der Waals surface area (Å²) in [5, 5.41) is 0.